The number of hydrogen-bond acceptors (Lipinski definition) is 1. The van der Waals surface area contributed by atoms with Gasteiger partial charge in [-0.2, -0.15) is 0 Å². The molecule has 0 aliphatic rings. The van der Waals surface area contributed by atoms with Crippen molar-refractivity contribution in [3.8, 4) is 0 Å². The van der Waals surface area contributed by atoms with Gasteiger partial charge in [-0.25, -0.2) is 8.78 Å². The molecule has 3 heteroatoms. The van der Waals surface area contributed by atoms with Gasteiger partial charge in [0.15, 0.2) is 0 Å². The topological polar surface area (TPSA) is 26.0 Å². The molecule has 1 unspecified atom stereocenters. The van der Waals surface area contributed by atoms with Crippen molar-refractivity contribution in [3.05, 3.63) is 71.3 Å². The highest BCUT2D eigenvalue weighted by Gasteiger charge is 2.26. The molecule has 1 atom stereocenters. The van der Waals surface area contributed by atoms with E-state index >= 15 is 0 Å². The zero-order valence-electron chi connectivity index (χ0n) is 10.9. The third kappa shape index (κ3) is 2.99. The summed E-state index contributed by atoms with van der Waals surface area (Å²) >= 11 is 0. The summed E-state index contributed by atoms with van der Waals surface area (Å²) in [5, 5.41) is 0. The Kier molecular flexibility index (Phi) is 3.96. The fraction of sp³-hybridized carbons (Fsp3) is 0.250. The molecular weight excluding hydrogens is 244 g/mol. The van der Waals surface area contributed by atoms with Gasteiger partial charge in [0.1, 0.15) is 11.6 Å². The Bertz CT molecular complexity index is 551. The minimum absolute atomic E-state index is 0.232. The van der Waals surface area contributed by atoms with E-state index < -0.39 is 5.41 Å². The first-order valence-corrected chi connectivity index (χ1v) is 6.25. The maximum Gasteiger partial charge on any atom is 0.126 e. The van der Waals surface area contributed by atoms with E-state index in [0.29, 0.717) is 18.5 Å². The van der Waals surface area contributed by atoms with Crippen LogP contribution in [0.4, 0.5) is 8.78 Å². The molecule has 0 radical (unpaired) electrons. The Morgan fingerprint density at radius 2 is 1.63 bits per heavy atom. The van der Waals surface area contributed by atoms with Crippen molar-refractivity contribution in [2.45, 2.75) is 18.8 Å². The normalized spacial score (nSPS) is 14.1. The van der Waals surface area contributed by atoms with Crippen molar-refractivity contribution < 1.29 is 8.78 Å². The van der Waals surface area contributed by atoms with Gasteiger partial charge in [0.2, 0.25) is 0 Å². The molecule has 0 saturated carbocycles. The van der Waals surface area contributed by atoms with Gasteiger partial charge in [0, 0.05) is 12.0 Å². The summed E-state index contributed by atoms with van der Waals surface area (Å²) in [5.41, 5.74) is 6.99. The second kappa shape index (κ2) is 5.49. The second-order valence-corrected chi connectivity index (χ2v) is 5.04. The Morgan fingerprint density at radius 1 is 1.00 bits per heavy atom. The SMILES string of the molecule is CC(CN)(Cc1ccccc1F)c1ccc(F)cc1. The van der Waals surface area contributed by atoms with Gasteiger partial charge in [-0.3, -0.25) is 0 Å². The molecule has 0 spiro atoms. The summed E-state index contributed by atoms with van der Waals surface area (Å²) in [6.45, 7) is 2.33. The number of benzene rings is 2. The van der Waals surface area contributed by atoms with Crippen LogP contribution in [0.3, 0.4) is 0 Å². The molecule has 2 N–H and O–H groups in total. The molecule has 0 aliphatic carbocycles. The van der Waals surface area contributed by atoms with Crippen molar-refractivity contribution in [1.29, 1.82) is 0 Å². The third-order valence-electron chi connectivity index (χ3n) is 3.53. The first-order chi connectivity index (χ1) is 9.05. The quantitative estimate of drug-likeness (QED) is 0.896. The molecule has 0 bridgehead atoms. The average Bonchev–Trinajstić information content (AvgIpc) is 2.42. The second-order valence-electron chi connectivity index (χ2n) is 5.04. The summed E-state index contributed by atoms with van der Waals surface area (Å²) in [5.74, 6) is -0.515. The van der Waals surface area contributed by atoms with E-state index in [2.05, 4.69) is 0 Å². The molecule has 0 saturated heterocycles. The van der Waals surface area contributed by atoms with E-state index in [0.717, 1.165) is 5.56 Å². The van der Waals surface area contributed by atoms with Crippen LogP contribution in [-0.2, 0) is 11.8 Å². The fourth-order valence-corrected chi connectivity index (χ4v) is 2.21. The van der Waals surface area contributed by atoms with Crippen molar-refractivity contribution in [1.82, 2.24) is 0 Å². The first-order valence-electron chi connectivity index (χ1n) is 6.25. The summed E-state index contributed by atoms with van der Waals surface area (Å²) in [6, 6.07) is 12.9. The summed E-state index contributed by atoms with van der Waals surface area (Å²) in [7, 11) is 0. The first kappa shape index (κ1) is 13.7. The highest BCUT2D eigenvalue weighted by Crippen LogP contribution is 2.28. The van der Waals surface area contributed by atoms with Crippen molar-refractivity contribution >= 4 is 0 Å². The van der Waals surface area contributed by atoms with Crippen LogP contribution < -0.4 is 5.73 Å². The lowest BCUT2D eigenvalue weighted by molar-refractivity contribution is 0.466. The van der Waals surface area contributed by atoms with Crippen LogP contribution >= 0.6 is 0 Å². The van der Waals surface area contributed by atoms with Crippen LogP contribution in [-0.4, -0.2) is 6.54 Å². The van der Waals surface area contributed by atoms with Crippen molar-refractivity contribution in [3.63, 3.8) is 0 Å². The van der Waals surface area contributed by atoms with E-state index in [4.69, 9.17) is 5.73 Å². The summed E-state index contributed by atoms with van der Waals surface area (Å²) in [6.07, 6.45) is 0.488. The van der Waals surface area contributed by atoms with Crippen LogP contribution in [0.25, 0.3) is 0 Å². The number of rotatable bonds is 4. The Balaban J connectivity index is 2.33. The van der Waals surface area contributed by atoms with Crippen LogP contribution in [0.5, 0.6) is 0 Å². The van der Waals surface area contributed by atoms with E-state index in [1.165, 1.54) is 18.2 Å². The van der Waals surface area contributed by atoms with Gasteiger partial charge < -0.3 is 5.73 Å². The molecule has 1 nitrogen and oxygen atoms in total. The van der Waals surface area contributed by atoms with Gasteiger partial charge in [0.25, 0.3) is 0 Å². The predicted octanol–water partition coefficient (Wildman–Crippen LogP) is 3.42. The molecule has 0 aromatic heterocycles. The number of halogens is 2. The number of nitrogens with two attached hydrogens (primary N) is 1. The monoisotopic (exact) mass is 261 g/mol. The highest BCUT2D eigenvalue weighted by molar-refractivity contribution is 5.30. The molecule has 0 amide bonds. The molecule has 2 aromatic carbocycles. The highest BCUT2D eigenvalue weighted by atomic mass is 19.1. The molecule has 0 aliphatic heterocycles. The average molecular weight is 261 g/mol. The Morgan fingerprint density at radius 3 is 2.21 bits per heavy atom. The molecule has 100 valence electrons. The zero-order chi connectivity index (χ0) is 13.9. The molecule has 2 aromatic rings. The largest absolute Gasteiger partial charge is 0.330 e. The predicted molar refractivity (Wildman–Crippen MR) is 72.9 cm³/mol. The Labute approximate surface area is 112 Å². The number of hydrogen-bond donors (Lipinski definition) is 1. The maximum absolute atomic E-state index is 13.7. The lowest BCUT2D eigenvalue weighted by Gasteiger charge is -2.29. The third-order valence-corrected chi connectivity index (χ3v) is 3.53. The molecule has 2 rings (SSSR count). The summed E-state index contributed by atoms with van der Waals surface area (Å²) in [4.78, 5) is 0. The molecule has 19 heavy (non-hydrogen) atoms. The molecular formula is C16H17F2N. The standard InChI is InChI=1S/C16H17F2N/c1-16(11-19,13-6-8-14(17)9-7-13)10-12-4-2-3-5-15(12)18/h2-9H,10-11,19H2,1H3. The minimum Gasteiger partial charge on any atom is -0.330 e. The van der Waals surface area contributed by atoms with Crippen molar-refractivity contribution in [2.75, 3.05) is 6.54 Å². The van der Waals surface area contributed by atoms with Crippen molar-refractivity contribution in [2.24, 2.45) is 5.73 Å². The molecule has 0 fully saturated rings. The summed E-state index contributed by atoms with van der Waals surface area (Å²) < 4.78 is 26.7. The smallest absolute Gasteiger partial charge is 0.126 e. The van der Waals surface area contributed by atoms with E-state index in [1.807, 2.05) is 6.92 Å². The lowest BCUT2D eigenvalue weighted by atomic mass is 9.77. The van der Waals surface area contributed by atoms with E-state index in [1.54, 1.807) is 30.3 Å². The zero-order valence-corrected chi connectivity index (χ0v) is 10.9. The van der Waals surface area contributed by atoms with Crippen LogP contribution in [0.2, 0.25) is 0 Å². The van der Waals surface area contributed by atoms with Gasteiger partial charge in [-0.15, -0.1) is 0 Å². The molecule has 0 heterocycles. The fourth-order valence-electron chi connectivity index (χ4n) is 2.21. The van der Waals surface area contributed by atoms with Gasteiger partial charge in [0.05, 0.1) is 0 Å². The lowest BCUT2D eigenvalue weighted by Crippen LogP contribution is -2.34. The minimum atomic E-state index is -0.407. The van der Waals surface area contributed by atoms with Gasteiger partial charge in [-0.05, 0) is 35.7 Å². The van der Waals surface area contributed by atoms with Crippen LogP contribution in [0.1, 0.15) is 18.1 Å². The van der Waals surface area contributed by atoms with E-state index in [9.17, 15) is 8.78 Å². The van der Waals surface area contributed by atoms with Gasteiger partial charge in [-0.1, -0.05) is 37.3 Å². The maximum atomic E-state index is 13.7. The Hall–Kier alpha value is -1.74. The van der Waals surface area contributed by atoms with Crippen LogP contribution in [0.15, 0.2) is 48.5 Å². The van der Waals surface area contributed by atoms with Crippen LogP contribution in [0, 0.1) is 11.6 Å². The van der Waals surface area contributed by atoms with E-state index in [-0.39, 0.29) is 11.6 Å². The van der Waals surface area contributed by atoms with Gasteiger partial charge >= 0.3 is 0 Å².